The SMILES string of the molecule is CNCCN(C)C(=O)C(Oc1cccc(Br)c1)c1ccccc1.Cl. The molecule has 0 fully saturated rings. The van der Waals surface area contributed by atoms with Crippen molar-refractivity contribution >= 4 is 34.2 Å². The average molecular weight is 414 g/mol. The van der Waals surface area contributed by atoms with Crippen LogP contribution in [0.5, 0.6) is 5.75 Å². The number of likely N-dealkylation sites (N-methyl/N-ethyl adjacent to an activating group) is 2. The minimum atomic E-state index is -0.660. The highest BCUT2D eigenvalue weighted by molar-refractivity contribution is 9.10. The maximum atomic E-state index is 12.8. The summed E-state index contributed by atoms with van der Waals surface area (Å²) >= 11 is 3.42. The van der Waals surface area contributed by atoms with Crippen molar-refractivity contribution in [2.45, 2.75) is 6.10 Å². The second kappa shape index (κ2) is 10.3. The normalized spacial score (nSPS) is 11.3. The summed E-state index contributed by atoms with van der Waals surface area (Å²) in [5.74, 6) is 0.593. The first kappa shape index (κ1) is 20.5. The summed E-state index contributed by atoms with van der Waals surface area (Å²) in [4.78, 5) is 14.5. The van der Waals surface area contributed by atoms with E-state index in [4.69, 9.17) is 4.74 Å². The van der Waals surface area contributed by atoms with Crippen molar-refractivity contribution in [3.63, 3.8) is 0 Å². The fourth-order valence-corrected chi connectivity index (χ4v) is 2.53. The molecule has 0 radical (unpaired) electrons. The van der Waals surface area contributed by atoms with E-state index in [9.17, 15) is 4.79 Å². The number of hydrogen-bond acceptors (Lipinski definition) is 3. The standard InChI is InChI=1S/C18H21BrN2O2.ClH/c1-20-11-12-21(2)18(22)17(14-7-4-3-5-8-14)23-16-10-6-9-15(19)13-16;/h3-10,13,17,20H,11-12H2,1-2H3;1H. The molecule has 130 valence electrons. The molecule has 0 spiro atoms. The Morgan fingerprint density at radius 2 is 1.92 bits per heavy atom. The molecule has 2 rings (SSSR count). The largest absolute Gasteiger partial charge is 0.476 e. The van der Waals surface area contributed by atoms with E-state index in [0.29, 0.717) is 12.3 Å². The van der Waals surface area contributed by atoms with Gasteiger partial charge in [-0.2, -0.15) is 0 Å². The second-order valence-electron chi connectivity index (χ2n) is 5.23. The van der Waals surface area contributed by atoms with Crippen molar-refractivity contribution in [2.75, 3.05) is 27.2 Å². The number of carbonyl (C=O) groups is 1. The molecule has 1 unspecified atom stereocenters. The highest BCUT2D eigenvalue weighted by atomic mass is 79.9. The van der Waals surface area contributed by atoms with E-state index in [-0.39, 0.29) is 18.3 Å². The number of benzene rings is 2. The molecular weight excluding hydrogens is 392 g/mol. The molecule has 0 saturated heterocycles. The fourth-order valence-electron chi connectivity index (χ4n) is 2.16. The third kappa shape index (κ3) is 5.82. The second-order valence-corrected chi connectivity index (χ2v) is 6.14. The number of nitrogens with one attached hydrogen (secondary N) is 1. The van der Waals surface area contributed by atoms with Crippen LogP contribution in [-0.2, 0) is 4.79 Å². The van der Waals surface area contributed by atoms with E-state index in [0.717, 1.165) is 16.6 Å². The van der Waals surface area contributed by atoms with Gasteiger partial charge in [0.2, 0.25) is 6.10 Å². The highest BCUT2D eigenvalue weighted by Gasteiger charge is 2.25. The number of halogens is 2. The monoisotopic (exact) mass is 412 g/mol. The maximum absolute atomic E-state index is 12.8. The van der Waals surface area contributed by atoms with Gasteiger partial charge in [0, 0.05) is 30.2 Å². The smallest absolute Gasteiger partial charge is 0.268 e. The molecule has 0 aliphatic heterocycles. The Morgan fingerprint density at radius 1 is 1.21 bits per heavy atom. The van der Waals surface area contributed by atoms with Crippen LogP contribution in [-0.4, -0.2) is 38.0 Å². The van der Waals surface area contributed by atoms with Crippen LogP contribution in [0, 0.1) is 0 Å². The lowest BCUT2D eigenvalue weighted by molar-refractivity contribution is -0.137. The zero-order valence-electron chi connectivity index (χ0n) is 13.7. The van der Waals surface area contributed by atoms with Crippen molar-refractivity contribution in [3.8, 4) is 5.75 Å². The topological polar surface area (TPSA) is 41.6 Å². The predicted octanol–water partition coefficient (Wildman–Crippen LogP) is 3.67. The van der Waals surface area contributed by atoms with Crippen LogP contribution in [0.25, 0.3) is 0 Å². The molecule has 0 saturated carbocycles. The van der Waals surface area contributed by atoms with E-state index >= 15 is 0 Å². The predicted molar refractivity (Wildman–Crippen MR) is 103 cm³/mol. The number of ether oxygens (including phenoxy) is 1. The first-order chi connectivity index (χ1) is 11.1. The molecular formula is C18H22BrClN2O2. The highest BCUT2D eigenvalue weighted by Crippen LogP contribution is 2.26. The molecule has 4 nitrogen and oxygen atoms in total. The molecule has 1 N–H and O–H groups in total. The van der Waals surface area contributed by atoms with E-state index in [1.54, 1.807) is 11.9 Å². The molecule has 1 amide bonds. The quantitative estimate of drug-likeness (QED) is 0.753. The number of nitrogens with zero attached hydrogens (tertiary/aromatic N) is 1. The molecule has 0 heterocycles. The Balaban J connectivity index is 0.00000288. The molecule has 2 aromatic carbocycles. The van der Waals surface area contributed by atoms with Crippen LogP contribution in [0.3, 0.4) is 0 Å². The van der Waals surface area contributed by atoms with Crippen LogP contribution in [0.2, 0.25) is 0 Å². The van der Waals surface area contributed by atoms with Crippen LogP contribution < -0.4 is 10.1 Å². The van der Waals surface area contributed by atoms with Gasteiger partial charge in [-0.3, -0.25) is 4.79 Å². The van der Waals surface area contributed by atoms with Gasteiger partial charge in [0.05, 0.1) is 0 Å². The third-order valence-corrected chi connectivity index (χ3v) is 3.94. The van der Waals surface area contributed by atoms with Crippen molar-refractivity contribution < 1.29 is 9.53 Å². The Labute approximate surface area is 157 Å². The lowest BCUT2D eigenvalue weighted by atomic mass is 10.1. The lowest BCUT2D eigenvalue weighted by Crippen LogP contribution is -2.38. The molecule has 6 heteroatoms. The zero-order valence-corrected chi connectivity index (χ0v) is 16.1. The average Bonchev–Trinajstić information content (AvgIpc) is 2.58. The van der Waals surface area contributed by atoms with Gasteiger partial charge >= 0.3 is 0 Å². The number of rotatable bonds is 7. The van der Waals surface area contributed by atoms with Gasteiger partial charge in [-0.1, -0.05) is 52.3 Å². The summed E-state index contributed by atoms with van der Waals surface area (Å²) in [6.45, 7) is 1.36. The number of amides is 1. The molecule has 0 bridgehead atoms. The van der Waals surface area contributed by atoms with Crippen LogP contribution in [0.4, 0.5) is 0 Å². The van der Waals surface area contributed by atoms with Crippen molar-refractivity contribution in [1.29, 1.82) is 0 Å². The van der Waals surface area contributed by atoms with Crippen LogP contribution in [0.15, 0.2) is 59.1 Å². The van der Waals surface area contributed by atoms with Gasteiger partial charge < -0.3 is 15.0 Å². The van der Waals surface area contributed by atoms with Crippen molar-refractivity contribution in [3.05, 3.63) is 64.6 Å². The van der Waals surface area contributed by atoms with Gasteiger partial charge in [-0.25, -0.2) is 0 Å². The summed E-state index contributed by atoms with van der Waals surface area (Å²) in [6.07, 6.45) is -0.660. The maximum Gasteiger partial charge on any atom is 0.268 e. The molecule has 1 atom stereocenters. The molecule has 0 aliphatic carbocycles. The minimum absolute atomic E-state index is 0. The Morgan fingerprint density at radius 3 is 2.54 bits per heavy atom. The van der Waals surface area contributed by atoms with Crippen LogP contribution in [0.1, 0.15) is 11.7 Å². The molecule has 0 aliphatic rings. The van der Waals surface area contributed by atoms with E-state index in [2.05, 4.69) is 21.2 Å². The number of carbonyl (C=O) groups excluding carboxylic acids is 1. The summed E-state index contributed by atoms with van der Waals surface area (Å²) < 4.78 is 6.92. The summed E-state index contributed by atoms with van der Waals surface area (Å²) in [7, 11) is 3.66. The zero-order chi connectivity index (χ0) is 16.7. The van der Waals surface area contributed by atoms with Gasteiger partial charge in [-0.05, 0) is 25.2 Å². The lowest BCUT2D eigenvalue weighted by Gasteiger charge is -2.25. The van der Waals surface area contributed by atoms with Gasteiger partial charge in [0.1, 0.15) is 5.75 Å². The van der Waals surface area contributed by atoms with Gasteiger partial charge in [0.15, 0.2) is 0 Å². The fraction of sp³-hybridized carbons (Fsp3) is 0.278. The Kier molecular flexibility index (Phi) is 8.82. The van der Waals surface area contributed by atoms with Gasteiger partial charge in [0.25, 0.3) is 5.91 Å². The van der Waals surface area contributed by atoms with Crippen molar-refractivity contribution in [1.82, 2.24) is 10.2 Å². The molecule has 24 heavy (non-hydrogen) atoms. The third-order valence-electron chi connectivity index (χ3n) is 3.45. The van der Waals surface area contributed by atoms with Gasteiger partial charge in [-0.15, -0.1) is 12.4 Å². The molecule has 0 aromatic heterocycles. The number of hydrogen-bond donors (Lipinski definition) is 1. The Bertz CT molecular complexity index is 640. The first-order valence-electron chi connectivity index (χ1n) is 7.48. The van der Waals surface area contributed by atoms with Crippen LogP contribution >= 0.6 is 28.3 Å². The Hall–Kier alpha value is -1.56. The summed E-state index contributed by atoms with van der Waals surface area (Å²) in [5.41, 5.74) is 0.841. The minimum Gasteiger partial charge on any atom is -0.476 e. The van der Waals surface area contributed by atoms with E-state index < -0.39 is 6.10 Å². The van der Waals surface area contributed by atoms with E-state index in [1.807, 2.05) is 61.6 Å². The molecule has 2 aromatic rings. The summed E-state index contributed by atoms with van der Waals surface area (Å²) in [5, 5.41) is 3.05. The first-order valence-corrected chi connectivity index (χ1v) is 8.28. The van der Waals surface area contributed by atoms with Crippen molar-refractivity contribution in [2.24, 2.45) is 0 Å². The summed E-state index contributed by atoms with van der Waals surface area (Å²) in [6, 6.07) is 17.1. The van der Waals surface area contributed by atoms with E-state index in [1.165, 1.54) is 0 Å².